The lowest BCUT2D eigenvalue weighted by molar-refractivity contribution is 0.311. The maximum Gasteiger partial charge on any atom is 0.237 e. The molecule has 0 spiro atoms. The topological polar surface area (TPSA) is 27.1 Å². The monoisotopic (exact) mass is 304 g/mol. The van der Waals surface area contributed by atoms with Crippen molar-refractivity contribution in [3.8, 4) is 17.1 Å². The summed E-state index contributed by atoms with van der Waals surface area (Å²) in [6.07, 6.45) is 0.921. The normalized spacial score (nSPS) is 11.7. The molecule has 0 fully saturated rings. The molecule has 0 atom stereocenters. The summed E-state index contributed by atoms with van der Waals surface area (Å²) in [6.45, 7) is 11.6. The van der Waals surface area contributed by atoms with E-state index >= 15 is 0 Å². The van der Waals surface area contributed by atoms with Crippen molar-refractivity contribution in [1.29, 1.82) is 0 Å². The van der Waals surface area contributed by atoms with E-state index in [1.807, 2.05) is 30.7 Å². The van der Waals surface area contributed by atoms with E-state index in [2.05, 4.69) is 25.9 Å². The summed E-state index contributed by atoms with van der Waals surface area (Å²) < 4.78 is 22.0. The molecule has 0 saturated heterocycles. The summed E-state index contributed by atoms with van der Waals surface area (Å²) >= 11 is 0. The lowest BCUT2D eigenvalue weighted by Gasteiger charge is -2.24. The predicted molar refractivity (Wildman–Crippen MR) is 87.8 cm³/mol. The van der Waals surface area contributed by atoms with E-state index in [0.717, 1.165) is 17.7 Å². The number of benzene rings is 1. The standard InChI is InChI=1S/C18H25FN2O/c1-6-18(4,5)15-16(13-11-9-10-12-14(13)19)21(7-2)20-17(15)22-8-3/h9-12H,6-8H2,1-5H3. The Labute approximate surface area is 132 Å². The van der Waals surface area contributed by atoms with Gasteiger partial charge in [0.2, 0.25) is 5.88 Å². The Kier molecular flexibility index (Phi) is 4.89. The van der Waals surface area contributed by atoms with E-state index in [0.29, 0.717) is 24.6 Å². The van der Waals surface area contributed by atoms with Crippen molar-refractivity contribution in [3.63, 3.8) is 0 Å². The molecule has 0 aliphatic heterocycles. The number of hydrogen-bond donors (Lipinski definition) is 0. The maximum atomic E-state index is 14.4. The lowest BCUT2D eigenvalue weighted by atomic mass is 9.80. The SMILES string of the molecule is CCOc1nn(CC)c(-c2ccccc2F)c1C(C)(C)CC. The van der Waals surface area contributed by atoms with Crippen LogP contribution >= 0.6 is 0 Å². The minimum atomic E-state index is -0.228. The van der Waals surface area contributed by atoms with Crippen molar-refractivity contribution in [2.45, 2.75) is 53.0 Å². The second kappa shape index (κ2) is 6.51. The fraction of sp³-hybridized carbons (Fsp3) is 0.500. The summed E-state index contributed by atoms with van der Waals surface area (Å²) in [5.41, 5.74) is 2.26. The summed E-state index contributed by atoms with van der Waals surface area (Å²) in [5, 5.41) is 4.58. The van der Waals surface area contributed by atoms with Gasteiger partial charge in [-0.25, -0.2) is 4.39 Å². The molecule has 0 aliphatic rings. The quantitative estimate of drug-likeness (QED) is 0.767. The van der Waals surface area contributed by atoms with E-state index in [1.54, 1.807) is 6.07 Å². The second-order valence-electron chi connectivity index (χ2n) is 5.99. The Bertz CT molecular complexity index is 647. The molecule has 1 aromatic carbocycles. The molecule has 2 aromatic rings. The molecule has 22 heavy (non-hydrogen) atoms. The molecule has 0 unspecified atom stereocenters. The first-order valence-electron chi connectivity index (χ1n) is 7.95. The van der Waals surface area contributed by atoms with E-state index in [1.165, 1.54) is 6.07 Å². The van der Waals surface area contributed by atoms with Gasteiger partial charge in [0, 0.05) is 17.7 Å². The third-order valence-corrected chi connectivity index (χ3v) is 4.19. The first-order chi connectivity index (χ1) is 10.5. The molecule has 120 valence electrons. The minimum Gasteiger partial charge on any atom is -0.477 e. The van der Waals surface area contributed by atoms with Crippen LogP contribution in [0.15, 0.2) is 24.3 Å². The van der Waals surface area contributed by atoms with Crippen LogP contribution in [0.3, 0.4) is 0 Å². The zero-order valence-electron chi connectivity index (χ0n) is 14.1. The van der Waals surface area contributed by atoms with Crippen LogP contribution in [0.5, 0.6) is 5.88 Å². The summed E-state index contributed by atoms with van der Waals surface area (Å²) in [5.74, 6) is 0.391. The van der Waals surface area contributed by atoms with Gasteiger partial charge in [-0.05, 0) is 37.8 Å². The zero-order valence-corrected chi connectivity index (χ0v) is 14.1. The van der Waals surface area contributed by atoms with Gasteiger partial charge < -0.3 is 4.74 Å². The van der Waals surface area contributed by atoms with Gasteiger partial charge >= 0.3 is 0 Å². The van der Waals surface area contributed by atoms with Crippen molar-refractivity contribution >= 4 is 0 Å². The Morgan fingerprint density at radius 2 is 1.86 bits per heavy atom. The zero-order chi connectivity index (χ0) is 16.3. The molecule has 0 saturated carbocycles. The molecule has 1 heterocycles. The minimum absolute atomic E-state index is 0.143. The number of aromatic nitrogens is 2. The molecular weight excluding hydrogens is 279 g/mol. The average Bonchev–Trinajstić information content (AvgIpc) is 2.87. The molecular formula is C18H25FN2O. The van der Waals surface area contributed by atoms with E-state index in [-0.39, 0.29) is 11.2 Å². The van der Waals surface area contributed by atoms with Crippen molar-refractivity contribution in [2.75, 3.05) is 6.61 Å². The van der Waals surface area contributed by atoms with Gasteiger partial charge in [-0.1, -0.05) is 32.9 Å². The Hall–Kier alpha value is -1.84. The molecule has 0 N–H and O–H groups in total. The number of rotatable bonds is 6. The predicted octanol–water partition coefficient (Wildman–Crippen LogP) is 4.80. The van der Waals surface area contributed by atoms with Crippen LogP contribution in [0.4, 0.5) is 4.39 Å². The van der Waals surface area contributed by atoms with Crippen molar-refractivity contribution in [2.24, 2.45) is 0 Å². The largest absolute Gasteiger partial charge is 0.477 e. The number of nitrogens with zero attached hydrogens (tertiary/aromatic N) is 2. The Balaban J connectivity index is 2.78. The van der Waals surface area contributed by atoms with Crippen LogP contribution < -0.4 is 4.74 Å². The van der Waals surface area contributed by atoms with E-state index < -0.39 is 0 Å². The van der Waals surface area contributed by atoms with Crippen LogP contribution in [0.1, 0.15) is 46.6 Å². The summed E-state index contributed by atoms with van der Waals surface area (Å²) in [4.78, 5) is 0. The smallest absolute Gasteiger partial charge is 0.237 e. The van der Waals surface area contributed by atoms with Crippen LogP contribution in [0.2, 0.25) is 0 Å². The van der Waals surface area contributed by atoms with Gasteiger partial charge in [-0.2, -0.15) is 0 Å². The molecule has 0 aliphatic carbocycles. The van der Waals surface area contributed by atoms with Gasteiger partial charge in [0.1, 0.15) is 5.82 Å². The molecule has 4 heteroatoms. The number of halogens is 1. The second-order valence-corrected chi connectivity index (χ2v) is 5.99. The fourth-order valence-electron chi connectivity index (χ4n) is 2.62. The number of hydrogen-bond acceptors (Lipinski definition) is 2. The van der Waals surface area contributed by atoms with Gasteiger partial charge in [0.05, 0.1) is 12.3 Å². The molecule has 2 rings (SSSR count). The van der Waals surface area contributed by atoms with Gasteiger partial charge in [-0.3, -0.25) is 4.68 Å². The third kappa shape index (κ3) is 2.87. The van der Waals surface area contributed by atoms with E-state index in [4.69, 9.17) is 4.74 Å². The highest BCUT2D eigenvalue weighted by atomic mass is 19.1. The maximum absolute atomic E-state index is 14.4. The number of ether oxygens (including phenoxy) is 1. The molecule has 1 aromatic heterocycles. The highest BCUT2D eigenvalue weighted by Gasteiger charge is 2.32. The Morgan fingerprint density at radius 3 is 2.41 bits per heavy atom. The molecule has 0 radical (unpaired) electrons. The van der Waals surface area contributed by atoms with Gasteiger partial charge in [0.25, 0.3) is 0 Å². The average molecular weight is 304 g/mol. The van der Waals surface area contributed by atoms with Crippen LogP contribution in [-0.2, 0) is 12.0 Å². The fourth-order valence-corrected chi connectivity index (χ4v) is 2.62. The number of aryl methyl sites for hydroxylation is 1. The highest BCUT2D eigenvalue weighted by molar-refractivity contribution is 5.68. The first-order valence-corrected chi connectivity index (χ1v) is 7.95. The molecule has 0 amide bonds. The van der Waals surface area contributed by atoms with Gasteiger partial charge in [-0.15, -0.1) is 5.10 Å². The van der Waals surface area contributed by atoms with Crippen molar-refractivity contribution in [1.82, 2.24) is 9.78 Å². The Morgan fingerprint density at radius 1 is 1.18 bits per heavy atom. The van der Waals surface area contributed by atoms with Crippen LogP contribution in [0, 0.1) is 5.82 Å². The molecule has 0 bridgehead atoms. The van der Waals surface area contributed by atoms with Crippen LogP contribution in [0.25, 0.3) is 11.3 Å². The summed E-state index contributed by atoms with van der Waals surface area (Å²) in [6, 6.07) is 6.86. The van der Waals surface area contributed by atoms with Crippen molar-refractivity contribution in [3.05, 3.63) is 35.6 Å². The van der Waals surface area contributed by atoms with Crippen molar-refractivity contribution < 1.29 is 9.13 Å². The third-order valence-electron chi connectivity index (χ3n) is 4.19. The lowest BCUT2D eigenvalue weighted by Crippen LogP contribution is -2.18. The summed E-state index contributed by atoms with van der Waals surface area (Å²) in [7, 11) is 0. The first kappa shape index (κ1) is 16.5. The highest BCUT2D eigenvalue weighted by Crippen LogP contribution is 2.42. The van der Waals surface area contributed by atoms with E-state index in [9.17, 15) is 4.39 Å². The molecule has 3 nitrogen and oxygen atoms in total. The van der Waals surface area contributed by atoms with Crippen LogP contribution in [-0.4, -0.2) is 16.4 Å². The van der Waals surface area contributed by atoms with Gasteiger partial charge in [0.15, 0.2) is 0 Å².